The summed E-state index contributed by atoms with van der Waals surface area (Å²) in [6, 6.07) is 15.5. The van der Waals surface area contributed by atoms with Crippen molar-refractivity contribution < 1.29 is 26.7 Å². The van der Waals surface area contributed by atoms with Crippen LogP contribution in [0.3, 0.4) is 0 Å². The molecule has 152 valence electrons. The van der Waals surface area contributed by atoms with Gasteiger partial charge < -0.3 is 39.4 Å². The molecule has 0 atom stereocenters. The van der Waals surface area contributed by atoms with Gasteiger partial charge in [-0.25, -0.2) is 12.1 Å². The van der Waals surface area contributed by atoms with E-state index < -0.39 is 0 Å². The molecule has 0 N–H and O–H groups in total. The van der Waals surface area contributed by atoms with Crippen LogP contribution < -0.4 is 0 Å². The van der Waals surface area contributed by atoms with Crippen molar-refractivity contribution in [3.05, 3.63) is 59.7 Å². The van der Waals surface area contributed by atoms with Gasteiger partial charge in [0.15, 0.2) is 0 Å². The molecule has 0 spiro atoms. The zero-order chi connectivity index (χ0) is 18.2. The minimum atomic E-state index is 0. The molecule has 0 unspecified atom stereocenters. The Morgan fingerprint density at radius 1 is 0.704 bits per heavy atom. The van der Waals surface area contributed by atoms with Crippen molar-refractivity contribution in [2.24, 2.45) is 11.8 Å². The smallest absolute Gasteiger partial charge is 0.111 e. The molecule has 2 aliphatic rings. The molecule has 2 aromatic carbocycles. The van der Waals surface area contributed by atoms with Gasteiger partial charge in [-0.15, -0.1) is 5.92 Å². The van der Waals surface area contributed by atoms with Crippen LogP contribution in [0.1, 0.15) is 84.9 Å². The van der Waals surface area contributed by atoms with Crippen molar-refractivity contribution in [3.8, 4) is 0 Å². The quantitative estimate of drug-likeness (QED) is 0.338. The monoisotopic (exact) mass is 406 g/mol. The van der Waals surface area contributed by atoms with E-state index in [1.165, 1.54) is 38.5 Å². The third-order valence-corrected chi connectivity index (χ3v) is 5.85. The largest absolute Gasteiger partial charge is 0.718 e. The molecule has 0 heterocycles. The predicted molar refractivity (Wildman–Crippen MR) is 106 cm³/mol. The van der Waals surface area contributed by atoms with Crippen molar-refractivity contribution in [2.45, 2.75) is 64.2 Å². The summed E-state index contributed by atoms with van der Waals surface area (Å²) in [6.07, 6.45) is 12.0. The van der Waals surface area contributed by atoms with Gasteiger partial charge in [0.1, 0.15) is 5.78 Å². The first kappa shape index (κ1) is 21.9. The molecule has 4 rings (SSSR count). The predicted octanol–water partition coefficient (Wildman–Crippen LogP) is 6.33. The Hall–Kier alpha value is -1.44. The molecule has 27 heavy (non-hydrogen) atoms. The van der Waals surface area contributed by atoms with Crippen molar-refractivity contribution in [1.82, 2.24) is 0 Å². The van der Waals surface area contributed by atoms with Gasteiger partial charge in [0.05, 0.1) is 0 Å². The Morgan fingerprint density at radius 2 is 1.15 bits per heavy atom. The Bertz CT molecular complexity index is 597. The summed E-state index contributed by atoms with van der Waals surface area (Å²) in [5.74, 6) is 1.36. The number of ketones is 2. The third-order valence-electron chi connectivity index (χ3n) is 5.85. The minimum Gasteiger partial charge on any atom is -0.718 e. The Kier molecular flexibility index (Phi) is 9.24. The van der Waals surface area contributed by atoms with E-state index in [1.807, 2.05) is 48.5 Å². The molecule has 3 heteroatoms. The summed E-state index contributed by atoms with van der Waals surface area (Å²) in [4.78, 5) is 23.7. The molecule has 2 saturated carbocycles. The first-order valence-electron chi connectivity index (χ1n) is 10.3. The van der Waals surface area contributed by atoms with Crippen LogP contribution in [-0.2, 0) is 17.1 Å². The summed E-state index contributed by atoms with van der Waals surface area (Å²) >= 11 is 0. The normalized spacial score (nSPS) is 18.1. The van der Waals surface area contributed by atoms with Crippen LogP contribution in [0.25, 0.3) is 0 Å². The van der Waals surface area contributed by atoms with Gasteiger partial charge in [-0.2, -0.15) is 12.1 Å². The topological polar surface area (TPSA) is 34.1 Å². The molecule has 0 aliphatic heterocycles. The van der Waals surface area contributed by atoms with Crippen LogP contribution in [0.2, 0.25) is 0 Å². The zero-order valence-electron chi connectivity index (χ0n) is 16.0. The van der Waals surface area contributed by atoms with Gasteiger partial charge in [0.2, 0.25) is 0 Å². The molecule has 0 radical (unpaired) electrons. The number of hydrogen-bond acceptors (Lipinski definition) is 2. The van der Waals surface area contributed by atoms with Crippen LogP contribution >= 0.6 is 0 Å². The molecule has 0 bridgehead atoms. The second-order valence-corrected chi connectivity index (χ2v) is 7.75. The fourth-order valence-corrected chi connectivity index (χ4v) is 4.28. The third kappa shape index (κ3) is 6.30. The van der Waals surface area contributed by atoms with Crippen molar-refractivity contribution in [2.75, 3.05) is 0 Å². The van der Waals surface area contributed by atoms with Crippen LogP contribution in [0, 0.1) is 11.8 Å². The van der Waals surface area contributed by atoms with E-state index in [2.05, 4.69) is 0 Å². The minimum absolute atomic E-state index is 0. The molecule has 2 aliphatic carbocycles. The Morgan fingerprint density at radius 3 is 1.63 bits per heavy atom. The van der Waals surface area contributed by atoms with Crippen molar-refractivity contribution in [3.63, 3.8) is 0 Å². The number of hydrogen-bond donors (Lipinski definition) is 0. The second kappa shape index (κ2) is 11.4. The molecule has 0 aromatic heterocycles. The zero-order valence-corrected chi connectivity index (χ0v) is 17.1. The summed E-state index contributed by atoms with van der Waals surface area (Å²) in [5, 5.41) is 0. The standard InChI is InChI=1S/2C12H15O.Fe/c2*13-12(11-8-4-5-9-11)10-6-2-1-3-7-10;/h2*4-5,8-10H,1-3,6-7H2;/q-5;-1;. The Balaban J connectivity index is 0.000000187. The molecule has 0 amide bonds. The second-order valence-electron chi connectivity index (χ2n) is 7.75. The number of carbonyl (C=O) groups excluding carboxylic acids is 2. The summed E-state index contributed by atoms with van der Waals surface area (Å²) in [6.45, 7) is 0. The molecule has 2 fully saturated rings. The van der Waals surface area contributed by atoms with Crippen LogP contribution in [0.15, 0.2) is 48.5 Å². The Labute approximate surface area is 173 Å². The van der Waals surface area contributed by atoms with E-state index in [9.17, 15) is 9.59 Å². The summed E-state index contributed by atoms with van der Waals surface area (Å²) in [5.41, 5.74) is 1.82. The van der Waals surface area contributed by atoms with E-state index in [1.54, 1.807) is 0 Å². The van der Waals surface area contributed by atoms with E-state index in [4.69, 9.17) is 0 Å². The van der Waals surface area contributed by atoms with Crippen LogP contribution in [0.5, 0.6) is 0 Å². The number of rotatable bonds is 4. The molecule has 2 nitrogen and oxygen atoms in total. The molecule has 2 aromatic rings. The molecular weight excluding hydrogens is 376 g/mol. The van der Waals surface area contributed by atoms with Gasteiger partial charge >= 0.3 is 0 Å². The SMILES string of the molecule is O=C([c-]1[cH-][cH-][cH-][cH-]1)C1CCCCC1.O=C([c-]1cccc1)C1CCCCC1.[Fe]. The van der Waals surface area contributed by atoms with E-state index in [-0.39, 0.29) is 17.1 Å². The van der Waals surface area contributed by atoms with Gasteiger partial charge in [-0.3, -0.25) is 5.78 Å². The van der Waals surface area contributed by atoms with Gasteiger partial charge in [-0.1, -0.05) is 56.9 Å². The van der Waals surface area contributed by atoms with E-state index in [0.29, 0.717) is 23.4 Å². The summed E-state index contributed by atoms with van der Waals surface area (Å²) < 4.78 is 0. The van der Waals surface area contributed by atoms with Crippen molar-refractivity contribution in [1.29, 1.82) is 0 Å². The average Bonchev–Trinajstić information content (AvgIpc) is 3.43. The maximum atomic E-state index is 11.9. The molecule has 0 saturated heterocycles. The molecular formula is C24H30FeO2-6. The number of carbonyl (C=O) groups is 2. The maximum Gasteiger partial charge on any atom is 0.111 e. The summed E-state index contributed by atoms with van der Waals surface area (Å²) in [7, 11) is 0. The van der Waals surface area contributed by atoms with Gasteiger partial charge in [-0.05, 0) is 12.8 Å². The first-order valence-corrected chi connectivity index (χ1v) is 10.3. The first-order chi connectivity index (χ1) is 12.8. The van der Waals surface area contributed by atoms with Crippen LogP contribution in [-0.4, -0.2) is 11.6 Å². The van der Waals surface area contributed by atoms with Crippen LogP contribution in [0.4, 0.5) is 0 Å². The fourth-order valence-electron chi connectivity index (χ4n) is 4.28. The van der Waals surface area contributed by atoms with E-state index >= 15 is 0 Å². The average molecular weight is 406 g/mol. The van der Waals surface area contributed by atoms with Gasteiger partial charge in [0.25, 0.3) is 0 Å². The fraction of sp³-hybridized carbons (Fsp3) is 0.500. The van der Waals surface area contributed by atoms with Crippen molar-refractivity contribution >= 4 is 11.6 Å². The van der Waals surface area contributed by atoms with Gasteiger partial charge in [0, 0.05) is 23.0 Å². The van der Waals surface area contributed by atoms with E-state index in [0.717, 1.165) is 36.8 Å². The number of Topliss-reactive ketones (excluding diaryl/α,β-unsaturated/α-hetero) is 2. The maximum absolute atomic E-state index is 11.9.